The summed E-state index contributed by atoms with van der Waals surface area (Å²) in [7, 11) is 0. The SMILES string of the molecule is CCCC[N+]1(CCCN)c2cc(-c3cccc(CN(CCN)CCN)c3)ccc2-c2ccc(-c3cccc(CN(CCN)CCN)c3)cc21. The van der Waals surface area contributed by atoms with Crippen molar-refractivity contribution in [3.63, 3.8) is 0 Å². The quantitative estimate of drug-likeness (QED) is 0.0818. The lowest BCUT2D eigenvalue weighted by Crippen LogP contribution is -2.45. The molecule has 0 unspecified atom stereocenters. The Morgan fingerprint density at radius 1 is 0.490 bits per heavy atom. The Labute approximate surface area is 294 Å². The van der Waals surface area contributed by atoms with Gasteiger partial charge in [0.1, 0.15) is 11.4 Å². The van der Waals surface area contributed by atoms with Gasteiger partial charge in [-0.2, -0.15) is 0 Å². The summed E-state index contributed by atoms with van der Waals surface area (Å²) in [6.45, 7) is 12.5. The van der Waals surface area contributed by atoms with Gasteiger partial charge in [0.25, 0.3) is 0 Å². The van der Waals surface area contributed by atoms with Gasteiger partial charge in [-0.1, -0.05) is 61.9 Å². The molecule has 0 saturated heterocycles. The Balaban J connectivity index is 1.55. The van der Waals surface area contributed by atoms with Crippen molar-refractivity contribution in [2.45, 2.75) is 39.3 Å². The number of rotatable bonds is 20. The van der Waals surface area contributed by atoms with Crippen molar-refractivity contribution in [1.29, 1.82) is 0 Å². The molecule has 1 aliphatic rings. The van der Waals surface area contributed by atoms with Crippen LogP contribution in [-0.2, 0) is 13.1 Å². The fourth-order valence-corrected chi connectivity index (χ4v) is 7.58. The third-order valence-electron chi connectivity index (χ3n) is 9.96. The minimum Gasteiger partial charge on any atom is -0.330 e. The predicted octanol–water partition coefficient (Wildman–Crippen LogP) is 5.23. The number of benzene rings is 4. The van der Waals surface area contributed by atoms with Gasteiger partial charge >= 0.3 is 0 Å². The van der Waals surface area contributed by atoms with E-state index in [-0.39, 0.29) is 0 Å². The summed E-state index contributed by atoms with van der Waals surface area (Å²) in [5, 5.41) is 0. The molecule has 0 aromatic heterocycles. The number of nitrogens with zero attached hydrogens (tertiary/aromatic N) is 3. The van der Waals surface area contributed by atoms with Crippen molar-refractivity contribution in [3.8, 4) is 33.4 Å². The van der Waals surface area contributed by atoms with E-state index in [0.29, 0.717) is 32.7 Å². The molecule has 0 saturated carbocycles. The molecule has 8 heteroatoms. The molecular formula is C41H59N8+. The lowest BCUT2D eigenvalue weighted by molar-refractivity contribution is 0.281. The summed E-state index contributed by atoms with van der Waals surface area (Å²) in [5.41, 5.74) is 42.8. The highest BCUT2D eigenvalue weighted by Gasteiger charge is 2.43. The van der Waals surface area contributed by atoms with Gasteiger partial charge in [-0.15, -0.1) is 0 Å². The summed E-state index contributed by atoms with van der Waals surface area (Å²) >= 11 is 0. The molecule has 4 aromatic carbocycles. The first-order valence-electron chi connectivity index (χ1n) is 18.3. The highest BCUT2D eigenvalue weighted by Crippen LogP contribution is 2.55. The molecule has 0 radical (unpaired) electrons. The smallest absolute Gasteiger partial charge is 0.146 e. The van der Waals surface area contributed by atoms with Crippen LogP contribution in [0, 0.1) is 0 Å². The zero-order valence-electron chi connectivity index (χ0n) is 29.6. The van der Waals surface area contributed by atoms with Crippen molar-refractivity contribution >= 4 is 11.4 Å². The normalized spacial score (nSPS) is 13.3. The minimum atomic E-state index is 0.626. The number of fused-ring (bicyclic) bond motifs is 3. The van der Waals surface area contributed by atoms with Crippen LogP contribution >= 0.6 is 0 Å². The Bertz CT molecular complexity index is 1500. The number of unbranched alkanes of at least 4 members (excludes halogenated alkanes) is 1. The van der Waals surface area contributed by atoms with Crippen molar-refractivity contribution in [2.75, 3.05) is 72.0 Å². The van der Waals surface area contributed by atoms with Gasteiger partial charge < -0.3 is 28.7 Å². The fourth-order valence-electron chi connectivity index (χ4n) is 7.58. The van der Waals surface area contributed by atoms with E-state index in [0.717, 1.165) is 76.1 Å². The Kier molecular flexibility index (Phi) is 13.5. The topological polar surface area (TPSA) is 137 Å². The van der Waals surface area contributed by atoms with Crippen LogP contribution in [0.1, 0.15) is 37.3 Å². The molecule has 0 amide bonds. The zero-order chi connectivity index (χ0) is 34.6. The second-order valence-electron chi connectivity index (χ2n) is 13.5. The summed E-state index contributed by atoms with van der Waals surface area (Å²) in [6, 6.07) is 32.1. The largest absolute Gasteiger partial charge is 0.330 e. The van der Waals surface area contributed by atoms with Gasteiger partial charge in [0, 0.05) is 95.1 Å². The first kappa shape index (κ1) is 36.8. The molecule has 1 aliphatic heterocycles. The van der Waals surface area contributed by atoms with E-state index in [2.05, 4.69) is 102 Å². The lowest BCUT2D eigenvalue weighted by atomic mass is 9.97. The Hall–Kier alpha value is -3.44. The molecular weight excluding hydrogens is 605 g/mol. The summed E-state index contributed by atoms with van der Waals surface area (Å²) in [6.07, 6.45) is 3.23. The van der Waals surface area contributed by atoms with Crippen LogP contribution in [0.15, 0.2) is 84.9 Å². The van der Waals surface area contributed by atoms with Crippen LogP contribution < -0.4 is 33.2 Å². The highest BCUT2D eigenvalue weighted by molar-refractivity contribution is 5.98. The van der Waals surface area contributed by atoms with Gasteiger partial charge in [0.05, 0.1) is 13.1 Å². The second kappa shape index (κ2) is 18.0. The molecule has 10 N–H and O–H groups in total. The average Bonchev–Trinajstić information content (AvgIpc) is 3.38. The van der Waals surface area contributed by atoms with Crippen LogP contribution in [0.3, 0.4) is 0 Å². The predicted molar refractivity (Wildman–Crippen MR) is 209 cm³/mol. The number of hydrogen-bond donors (Lipinski definition) is 5. The maximum atomic E-state index is 6.23. The van der Waals surface area contributed by atoms with E-state index in [1.807, 2.05) is 0 Å². The van der Waals surface area contributed by atoms with Crippen LogP contribution in [0.5, 0.6) is 0 Å². The minimum absolute atomic E-state index is 0.626. The van der Waals surface area contributed by atoms with Crippen LogP contribution in [0.4, 0.5) is 11.4 Å². The van der Waals surface area contributed by atoms with Gasteiger partial charge in [0.15, 0.2) is 0 Å². The van der Waals surface area contributed by atoms with Gasteiger partial charge in [-0.05, 0) is 70.6 Å². The monoisotopic (exact) mass is 663 g/mol. The number of quaternary nitrogens is 1. The summed E-state index contributed by atoms with van der Waals surface area (Å²) < 4.78 is 0.832. The summed E-state index contributed by atoms with van der Waals surface area (Å²) in [4.78, 5) is 4.67. The third-order valence-corrected chi connectivity index (χ3v) is 9.96. The summed E-state index contributed by atoms with van der Waals surface area (Å²) in [5.74, 6) is 0. The van der Waals surface area contributed by atoms with E-state index >= 15 is 0 Å². The highest BCUT2D eigenvalue weighted by atomic mass is 15.4. The molecule has 1 heterocycles. The molecule has 262 valence electrons. The number of hydrogen-bond acceptors (Lipinski definition) is 7. The van der Waals surface area contributed by atoms with Gasteiger partial charge in [-0.3, -0.25) is 14.3 Å². The first-order chi connectivity index (χ1) is 24.0. The zero-order valence-corrected chi connectivity index (χ0v) is 29.6. The lowest BCUT2D eigenvalue weighted by Gasteiger charge is -2.36. The van der Waals surface area contributed by atoms with E-state index < -0.39 is 0 Å². The molecule has 0 atom stereocenters. The Morgan fingerprint density at radius 2 is 0.918 bits per heavy atom. The molecule has 0 fully saturated rings. The molecule has 8 nitrogen and oxygen atoms in total. The first-order valence-corrected chi connectivity index (χ1v) is 18.3. The molecule has 0 bridgehead atoms. The fraction of sp³-hybridized carbons (Fsp3) is 0.415. The van der Waals surface area contributed by atoms with Gasteiger partial charge in [-0.25, -0.2) is 0 Å². The molecule has 5 rings (SSSR count). The van der Waals surface area contributed by atoms with E-state index in [1.54, 1.807) is 0 Å². The van der Waals surface area contributed by atoms with Gasteiger partial charge in [0.2, 0.25) is 0 Å². The molecule has 0 aliphatic carbocycles. The van der Waals surface area contributed by atoms with E-state index in [1.165, 1.54) is 55.9 Å². The third kappa shape index (κ3) is 8.66. The number of nitrogens with two attached hydrogens (primary N) is 5. The van der Waals surface area contributed by atoms with Crippen molar-refractivity contribution in [1.82, 2.24) is 14.3 Å². The maximum Gasteiger partial charge on any atom is 0.146 e. The maximum absolute atomic E-state index is 6.23. The van der Waals surface area contributed by atoms with E-state index in [9.17, 15) is 0 Å². The molecule has 0 spiro atoms. The van der Waals surface area contributed by atoms with Crippen LogP contribution in [0.25, 0.3) is 33.4 Å². The molecule has 4 aromatic rings. The van der Waals surface area contributed by atoms with Crippen molar-refractivity contribution in [2.24, 2.45) is 28.7 Å². The standard InChI is InChI=1S/C41H59N8/c1-2-3-24-49(25-6-15-42)40-28-36(34-9-4-7-32(26-34)30-47(20-16-43)21-17-44)11-13-38(40)39-14-12-37(29-41(39)49)35-10-5-8-33(27-35)31-48(22-18-45)23-19-46/h4-5,7-14,26-29H,2-3,6,15-25,30-31,42-46H2,1H3/q+1. The van der Waals surface area contributed by atoms with Crippen molar-refractivity contribution < 1.29 is 0 Å². The molecule has 49 heavy (non-hydrogen) atoms. The Morgan fingerprint density at radius 3 is 1.33 bits per heavy atom. The average molecular weight is 664 g/mol. The second-order valence-corrected chi connectivity index (χ2v) is 13.5. The van der Waals surface area contributed by atoms with Crippen LogP contribution in [0.2, 0.25) is 0 Å². The van der Waals surface area contributed by atoms with Crippen molar-refractivity contribution in [3.05, 3.63) is 96.1 Å². The van der Waals surface area contributed by atoms with E-state index in [4.69, 9.17) is 28.7 Å². The van der Waals surface area contributed by atoms with Crippen LogP contribution in [-0.4, -0.2) is 81.8 Å².